The van der Waals surface area contributed by atoms with E-state index in [1.165, 1.54) is 0 Å². The van der Waals surface area contributed by atoms with Gasteiger partial charge in [-0.15, -0.1) is 0 Å². The monoisotopic (exact) mass is 535 g/mol. The van der Waals surface area contributed by atoms with Gasteiger partial charge in [0.15, 0.2) is 0 Å². The van der Waals surface area contributed by atoms with Crippen LogP contribution in [0.4, 0.5) is 0 Å². The fourth-order valence-electron chi connectivity index (χ4n) is 2.92. The standard InChI is InChI=1S/C22H27BIN3O2S/c1-5-20(10-9-17(3)24)30(23,28)27(6-2)16-18(4)29-21-8-7-13-26-22(21)19-11-14-25-15-12-19/h5,7-15,18,23H,3,6,16H2,1-2,4H3/b10-9-,20-5+. The van der Waals surface area contributed by atoms with Crippen LogP contribution in [0.5, 0.6) is 5.75 Å². The van der Waals surface area contributed by atoms with E-state index in [0.717, 1.165) is 14.8 Å². The third-order valence-electron chi connectivity index (χ3n) is 4.36. The van der Waals surface area contributed by atoms with Crippen molar-refractivity contribution in [2.75, 3.05) is 13.1 Å². The van der Waals surface area contributed by atoms with Crippen molar-refractivity contribution in [1.82, 2.24) is 14.3 Å². The van der Waals surface area contributed by atoms with Crippen LogP contribution in [0, 0.1) is 0 Å². The molecule has 0 bridgehead atoms. The van der Waals surface area contributed by atoms with Gasteiger partial charge in [0.2, 0.25) is 0 Å². The van der Waals surface area contributed by atoms with E-state index in [1.54, 1.807) is 18.6 Å². The summed E-state index contributed by atoms with van der Waals surface area (Å²) in [6, 6.07) is 7.52. The van der Waals surface area contributed by atoms with Crippen LogP contribution in [-0.2, 0) is 9.55 Å². The molecule has 0 fully saturated rings. The molecule has 0 radical (unpaired) electrons. The first-order chi connectivity index (χ1) is 14.3. The summed E-state index contributed by atoms with van der Waals surface area (Å²) < 4.78 is 22.5. The van der Waals surface area contributed by atoms with Crippen molar-refractivity contribution in [3.05, 3.63) is 76.1 Å². The molecule has 0 aliphatic heterocycles. The van der Waals surface area contributed by atoms with E-state index in [0.29, 0.717) is 23.7 Å². The van der Waals surface area contributed by atoms with Crippen molar-refractivity contribution in [2.24, 2.45) is 0 Å². The molecular formula is C22H27BIN3O2S. The molecule has 158 valence electrons. The quantitative estimate of drug-likeness (QED) is 0.253. The molecule has 5 nitrogen and oxygen atoms in total. The summed E-state index contributed by atoms with van der Waals surface area (Å²) in [6.07, 6.45) is 10.5. The molecule has 8 heteroatoms. The minimum absolute atomic E-state index is 0.223. The van der Waals surface area contributed by atoms with Crippen LogP contribution in [0.15, 0.2) is 76.1 Å². The summed E-state index contributed by atoms with van der Waals surface area (Å²) in [5, 5.41) is 0. The zero-order chi connectivity index (χ0) is 22.1. The van der Waals surface area contributed by atoms with Gasteiger partial charge in [0.05, 0.1) is 0 Å². The van der Waals surface area contributed by atoms with Crippen LogP contribution >= 0.6 is 22.6 Å². The first-order valence-electron chi connectivity index (χ1n) is 9.62. The number of hydrogen-bond acceptors (Lipinski definition) is 4. The Balaban J connectivity index is 2.21. The van der Waals surface area contributed by atoms with Gasteiger partial charge in [-0.2, -0.15) is 0 Å². The first kappa shape index (κ1) is 24.5. The molecule has 0 aromatic carbocycles. The van der Waals surface area contributed by atoms with Crippen molar-refractivity contribution < 1.29 is 8.95 Å². The number of aromatic nitrogens is 2. The molecule has 2 aromatic rings. The number of likely N-dealkylation sites (N-methyl/N-ethyl adjacent to an activating group) is 1. The Morgan fingerprint density at radius 1 is 1.33 bits per heavy atom. The topological polar surface area (TPSA) is 55.3 Å². The van der Waals surface area contributed by atoms with E-state index in [4.69, 9.17) is 4.74 Å². The Bertz CT molecular complexity index is 1020. The molecule has 2 aromatic heterocycles. The van der Waals surface area contributed by atoms with Crippen LogP contribution in [-0.4, -0.2) is 44.4 Å². The van der Waals surface area contributed by atoms with Crippen molar-refractivity contribution >= 4 is 38.9 Å². The Hall–Kier alpha value is -1.78. The summed E-state index contributed by atoms with van der Waals surface area (Å²) >= 11 is 2.12. The van der Waals surface area contributed by atoms with Crippen molar-refractivity contribution in [3.63, 3.8) is 0 Å². The Morgan fingerprint density at radius 3 is 2.63 bits per heavy atom. The van der Waals surface area contributed by atoms with Gasteiger partial charge < -0.3 is 0 Å². The van der Waals surface area contributed by atoms with Crippen LogP contribution in [0.1, 0.15) is 20.8 Å². The van der Waals surface area contributed by atoms with E-state index in [9.17, 15) is 4.21 Å². The molecule has 2 unspecified atom stereocenters. The molecule has 30 heavy (non-hydrogen) atoms. The summed E-state index contributed by atoms with van der Waals surface area (Å²) in [5.41, 5.74) is 1.68. The number of pyridine rings is 2. The van der Waals surface area contributed by atoms with Crippen molar-refractivity contribution in [3.8, 4) is 17.0 Å². The average molecular weight is 535 g/mol. The third kappa shape index (κ3) is 6.62. The van der Waals surface area contributed by atoms with Gasteiger partial charge in [0.1, 0.15) is 0 Å². The predicted molar refractivity (Wildman–Crippen MR) is 136 cm³/mol. The van der Waals surface area contributed by atoms with E-state index in [-0.39, 0.29) is 6.10 Å². The number of halogens is 1. The molecule has 2 atom stereocenters. The molecule has 0 aliphatic rings. The summed E-state index contributed by atoms with van der Waals surface area (Å²) in [4.78, 5) is 9.20. The zero-order valence-corrected chi connectivity index (χ0v) is 20.6. The zero-order valence-electron chi connectivity index (χ0n) is 17.6. The second-order valence-corrected chi connectivity index (χ2v) is 10.3. The minimum atomic E-state index is -2.65. The Kier molecular flexibility index (Phi) is 9.45. The van der Waals surface area contributed by atoms with Gasteiger partial charge in [0.25, 0.3) is 0 Å². The van der Waals surface area contributed by atoms with Gasteiger partial charge in [-0.25, -0.2) is 0 Å². The van der Waals surface area contributed by atoms with Gasteiger partial charge >= 0.3 is 195 Å². The number of nitrogens with zero attached hydrogens (tertiary/aromatic N) is 3. The normalized spacial score (nSPS) is 15.1. The number of hydrogen-bond donors (Lipinski definition) is 0. The van der Waals surface area contributed by atoms with Gasteiger partial charge in [-0.05, 0) is 0 Å². The molecule has 0 aliphatic carbocycles. The number of rotatable bonds is 10. The third-order valence-corrected chi connectivity index (χ3v) is 7.07. The van der Waals surface area contributed by atoms with Gasteiger partial charge in [-0.3, -0.25) is 0 Å². The molecule has 0 amide bonds. The Morgan fingerprint density at radius 2 is 2.03 bits per heavy atom. The van der Waals surface area contributed by atoms with E-state index in [2.05, 4.69) is 45.9 Å². The van der Waals surface area contributed by atoms with Crippen LogP contribution in [0.3, 0.4) is 0 Å². The van der Waals surface area contributed by atoms with E-state index < -0.39 is 9.55 Å². The van der Waals surface area contributed by atoms with Crippen LogP contribution in [0.25, 0.3) is 11.3 Å². The fourth-order valence-corrected chi connectivity index (χ4v) is 4.91. The molecule has 0 saturated heterocycles. The Labute approximate surface area is 194 Å². The summed E-state index contributed by atoms with van der Waals surface area (Å²) in [6.45, 7) is 14.7. The molecule has 0 N–H and O–H groups in total. The summed E-state index contributed by atoms with van der Waals surface area (Å²) in [5.74, 6) is 0.676. The molecule has 2 rings (SSSR count). The van der Waals surface area contributed by atoms with Crippen molar-refractivity contribution in [1.29, 1.82) is 0 Å². The van der Waals surface area contributed by atoms with Crippen LogP contribution in [0.2, 0.25) is 0 Å². The second-order valence-electron chi connectivity index (χ2n) is 6.61. The number of ether oxygens (including phenoxy) is 1. The van der Waals surface area contributed by atoms with Crippen LogP contribution < -0.4 is 4.74 Å². The van der Waals surface area contributed by atoms with Crippen molar-refractivity contribution in [2.45, 2.75) is 26.9 Å². The second kappa shape index (κ2) is 11.6. The molecule has 0 spiro atoms. The predicted octanol–water partition coefficient (Wildman–Crippen LogP) is 4.66. The number of allylic oxidation sites excluding steroid dienone is 4. The summed E-state index contributed by atoms with van der Waals surface area (Å²) in [7, 11) is -2.65. The maximum absolute atomic E-state index is 13.5. The fraction of sp³-hybridized carbons (Fsp3) is 0.273. The van der Waals surface area contributed by atoms with E-state index >= 15 is 0 Å². The van der Waals surface area contributed by atoms with Gasteiger partial charge in [-0.1, -0.05) is 0 Å². The maximum atomic E-state index is 13.5. The molecule has 0 saturated carbocycles. The van der Waals surface area contributed by atoms with E-state index in [1.807, 2.05) is 67.6 Å². The molecule has 2 heterocycles. The molecular weight excluding hydrogens is 508 g/mol. The SMILES string of the molecule is B=S(=O)(C(/C=C\C(=C)I)=C/C)N(CC)CC(C)Oc1cccnc1-c1ccncc1. The average Bonchev–Trinajstić information content (AvgIpc) is 2.73. The first-order valence-corrected chi connectivity index (χ1v) is 12.4. The van der Waals surface area contributed by atoms with Gasteiger partial charge in [0, 0.05) is 0 Å².